The summed E-state index contributed by atoms with van der Waals surface area (Å²) in [7, 11) is 0. The highest BCUT2D eigenvalue weighted by atomic mass is 16.5. The average Bonchev–Trinajstić information content (AvgIpc) is 3.58. The molecule has 6 nitrogen and oxygen atoms in total. The van der Waals surface area contributed by atoms with Gasteiger partial charge in [0.1, 0.15) is 17.3 Å². The number of hydrogen-bond donors (Lipinski definition) is 1. The molecule has 1 N–H and O–H groups in total. The molecule has 2 heterocycles. The number of furan rings is 1. The summed E-state index contributed by atoms with van der Waals surface area (Å²) in [6.07, 6.45) is 3.22. The number of carbonyl (C=O) groups excluding carboxylic acids is 2. The molecule has 0 bridgehead atoms. The molecule has 2 aromatic rings. The Balaban J connectivity index is 1.36. The number of nitrogens with zero attached hydrogens (tertiary/aromatic N) is 1. The number of anilines is 1. The standard InChI is InChI=1S/C21H22N2O4/c1-12-8-16(12)18-7-5-15(27-18)10-23(14-3-4-14)21(25)13-2-6-19-17(9-13)22-20(24)11-26-19/h2,5-7,9,12,14,16H,3-4,8,10-11H2,1H3,(H,22,24). The predicted octanol–water partition coefficient (Wildman–Crippen LogP) is 3.54. The maximum absolute atomic E-state index is 13.1. The smallest absolute Gasteiger partial charge is 0.262 e. The van der Waals surface area contributed by atoms with Crippen molar-refractivity contribution in [1.29, 1.82) is 0 Å². The van der Waals surface area contributed by atoms with Gasteiger partial charge in [-0.25, -0.2) is 0 Å². The van der Waals surface area contributed by atoms with E-state index in [4.69, 9.17) is 9.15 Å². The molecule has 1 aromatic heterocycles. The monoisotopic (exact) mass is 366 g/mol. The Hall–Kier alpha value is -2.76. The first-order chi connectivity index (χ1) is 13.1. The lowest BCUT2D eigenvalue weighted by Gasteiger charge is -2.23. The van der Waals surface area contributed by atoms with Gasteiger partial charge < -0.3 is 19.4 Å². The van der Waals surface area contributed by atoms with Gasteiger partial charge in [0.25, 0.3) is 11.8 Å². The number of benzene rings is 1. The highest BCUT2D eigenvalue weighted by molar-refractivity contribution is 6.00. The fourth-order valence-electron chi connectivity index (χ4n) is 3.70. The van der Waals surface area contributed by atoms with Crippen LogP contribution in [0.5, 0.6) is 5.75 Å². The van der Waals surface area contributed by atoms with Crippen LogP contribution in [0.3, 0.4) is 0 Å². The van der Waals surface area contributed by atoms with Crippen molar-refractivity contribution in [2.24, 2.45) is 5.92 Å². The molecule has 2 fully saturated rings. The molecule has 1 aromatic carbocycles. The van der Waals surface area contributed by atoms with E-state index in [0.29, 0.717) is 35.4 Å². The van der Waals surface area contributed by atoms with Crippen LogP contribution in [0.4, 0.5) is 5.69 Å². The minimum Gasteiger partial charge on any atom is -0.482 e. The highest BCUT2D eigenvalue weighted by Gasteiger charge is 2.38. The maximum atomic E-state index is 13.1. The number of rotatable bonds is 5. The van der Waals surface area contributed by atoms with Crippen molar-refractivity contribution >= 4 is 17.5 Å². The van der Waals surface area contributed by atoms with Gasteiger partial charge in [0.2, 0.25) is 0 Å². The molecule has 2 amide bonds. The van der Waals surface area contributed by atoms with E-state index in [2.05, 4.69) is 12.2 Å². The summed E-state index contributed by atoms with van der Waals surface area (Å²) >= 11 is 0. The van der Waals surface area contributed by atoms with E-state index in [-0.39, 0.29) is 24.5 Å². The lowest BCUT2D eigenvalue weighted by molar-refractivity contribution is -0.118. The molecule has 0 radical (unpaired) electrons. The van der Waals surface area contributed by atoms with Crippen molar-refractivity contribution in [3.63, 3.8) is 0 Å². The first kappa shape index (κ1) is 16.4. The number of hydrogen-bond acceptors (Lipinski definition) is 4. The van der Waals surface area contributed by atoms with Gasteiger partial charge in [-0.2, -0.15) is 0 Å². The van der Waals surface area contributed by atoms with Gasteiger partial charge in [-0.3, -0.25) is 9.59 Å². The highest BCUT2D eigenvalue weighted by Crippen LogP contribution is 2.47. The molecule has 0 spiro atoms. The molecule has 2 unspecified atom stereocenters. The summed E-state index contributed by atoms with van der Waals surface area (Å²) < 4.78 is 11.4. The fourth-order valence-corrected chi connectivity index (χ4v) is 3.70. The van der Waals surface area contributed by atoms with Crippen LogP contribution in [0.1, 0.15) is 54.0 Å². The van der Waals surface area contributed by atoms with Crippen LogP contribution in [-0.2, 0) is 11.3 Å². The van der Waals surface area contributed by atoms with E-state index in [1.54, 1.807) is 18.2 Å². The van der Waals surface area contributed by atoms with Crippen molar-refractivity contribution < 1.29 is 18.7 Å². The minimum atomic E-state index is -0.205. The van der Waals surface area contributed by atoms with E-state index in [1.165, 1.54) is 6.42 Å². The molecular formula is C21H22N2O4. The number of carbonyl (C=O) groups is 2. The zero-order valence-electron chi connectivity index (χ0n) is 15.2. The third-order valence-electron chi connectivity index (χ3n) is 5.59. The summed E-state index contributed by atoms with van der Waals surface area (Å²) in [6.45, 7) is 2.71. The molecule has 5 rings (SSSR count). The Morgan fingerprint density at radius 3 is 2.81 bits per heavy atom. The molecule has 2 aliphatic carbocycles. The fraction of sp³-hybridized carbons (Fsp3) is 0.429. The van der Waals surface area contributed by atoms with Crippen molar-refractivity contribution in [1.82, 2.24) is 4.90 Å². The second-order valence-electron chi connectivity index (χ2n) is 7.84. The van der Waals surface area contributed by atoms with Crippen molar-refractivity contribution in [3.05, 3.63) is 47.4 Å². The van der Waals surface area contributed by atoms with Crippen LogP contribution >= 0.6 is 0 Å². The molecule has 140 valence electrons. The molecule has 27 heavy (non-hydrogen) atoms. The molecule has 3 aliphatic rings. The summed E-state index contributed by atoms with van der Waals surface area (Å²) in [5.41, 5.74) is 1.10. The van der Waals surface area contributed by atoms with Gasteiger partial charge in [0.05, 0.1) is 12.2 Å². The van der Waals surface area contributed by atoms with Gasteiger partial charge in [0.15, 0.2) is 6.61 Å². The number of amides is 2. The molecular weight excluding hydrogens is 344 g/mol. The van der Waals surface area contributed by atoms with Crippen LogP contribution in [-0.4, -0.2) is 29.4 Å². The largest absolute Gasteiger partial charge is 0.482 e. The summed E-state index contributed by atoms with van der Waals surface area (Å²) in [5.74, 6) is 3.44. The second-order valence-corrected chi connectivity index (χ2v) is 7.84. The third kappa shape index (κ3) is 3.20. The van der Waals surface area contributed by atoms with Gasteiger partial charge in [0, 0.05) is 17.5 Å². The maximum Gasteiger partial charge on any atom is 0.262 e. The Morgan fingerprint density at radius 1 is 1.26 bits per heavy atom. The van der Waals surface area contributed by atoms with Crippen molar-refractivity contribution in [2.75, 3.05) is 11.9 Å². The predicted molar refractivity (Wildman–Crippen MR) is 98.7 cm³/mol. The van der Waals surface area contributed by atoms with E-state index < -0.39 is 0 Å². The van der Waals surface area contributed by atoms with Crippen LogP contribution in [0.2, 0.25) is 0 Å². The molecule has 2 atom stereocenters. The number of nitrogens with one attached hydrogen (secondary N) is 1. The normalized spacial score (nSPS) is 23.2. The van der Waals surface area contributed by atoms with Crippen LogP contribution in [0.15, 0.2) is 34.7 Å². The topological polar surface area (TPSA) is 71.8 Å². The van der Waals surface area contributed by atoms with E-state index >= 15 is 0 Å². The Morgan fingerprint density at radius 2 is 2.07 bits per heavy atom. The Bertz CT molecular complexity index is 915. The third-order valence-corrected chi connectivity index (χ3v) is 5.59. The van der Waals surface area contributed by atoms with Gasteiger partial charge in [-0.15, -0.1) is 0 Å². The molecule has 0 saturated heterocycles. The van der Waals surface area contributed by atoms with Gasteiger partial charge in [-0.1, -0.05) is 6.92 Å². The summed E-state index contributed by atoms with van der Waals surface area (Å²) in [6, 6.07) is 9.49. The Kier molecular flexibility index (Phi) is 3.74. The first-order valence-corrected chi connectivity index (χ1v) is 9.55. The number of ether oxygens (including phenoxy) is 1. The Labute approximate surface area is 157 Å². The van der Waals surface area contributed by atoms with E-state index in [9.17, 15) is 9.59 Å². The second kappa shape index (κ2) is 6.15. The van der Waals surface area contributed by atoms with Gasteiger partial charge in [-0.05, 0) is 55.5 Å². The zero-order valence-corrected chi connectivity index (χ0v) is 15.2. The van der Waals surface area contributed by atoms with Crippen molar-refractivity contribution in [3.8, 4) is 5.75 Å². The van der Waals surface area contributed by atoms with Gasteiger partial charge >= 0.3 is 0 Å². The first-order valence-electron chi connectivity index (χ1n) is 9.55. The van der Waals surface area contributed by atoms with Crippen LogP contribution in [0, 0.1) is 5.92 Å². The van der Waals surface area contributed by atoms with E-state index in [1.807, 2.05) is 17.0 Å². The number of fused-ring (bicyclic) bond motifs is 1. The van der Waals surface area contributed by atoms with Crippen LogP contribution < -0.4 is 10.1 Å². The average molecular weight is 366 g/mol. The molecule has 6 heteroatoms. The lowest BCUT2D eigenvalue weighted by Crippen LogP contribution is -2.33. The minimum absolute atomic E-state index is 0.00886. The molecule has 1 aliphatic heterocycles. The summed E-state index contributed by atoms with van der Waals surface area (Å²) in [4.78, 5) is 26.6. The lowest BCUT2D eigenvalue weighted by atomic mass is 10.1. The quantitative estimate of drug-likeness (QED) is 0.879. The zero-order chi connectivity index (χ0) is 18.5. The summed E-state index contributed by atoms with van der Waals surface area (Å²) in [5, 5.41) is 2.76. The van der Waals surface area contributed by atoms with E-state index in [0.717, 1.165) is 24.4 Å². The SMILES string of the molecule is CC1CC1c1ccc(CN(C(=O)c2ccc3c(c2)NC(=O)CO3)C2CC2)o1. The van der Waals surface area contributed by atoms with Crippen molar-refractivity contribution in [2.45, 2.75) is 44.7 Å². The van der Waals surface area contributed by atoms with Crippen LogP contribution in [0.25, 0.3) is 0 Å². The molecule has 2 saturated carbocycles.